The van der Waals surface area contributed by atoms with E-state index in [4.69, 9.17) is 19.6 Å². The Morgan fingerprint density at radius 1 is 1.21 bits per heavy atom. The molecule has 4 aromatic rings. The van der Waals surface area contributed by atoms with E-state index in [0.717, 1.165) is 23.6 Å². The highest BCUT2D eigenvalue weighted by atomic mass is 16.6. The number of phenols is 1. The first-order valence-corrected chi connectivity index (χ1v) is 14.3. The molecule has 0 radical (unpaired) electrons. The predicted octanol–water partition coefficient (Wildman–Crippen LogP) is 5.03. The molecule has 5 rings (SSSR count). The molecule has 9 heteroatoms. The molecule has 1 aliphatic rings. The average molecular weight is 585 g/mol. The van der Waals surface area contributed by atoms with Gasteiger partial charge >= 0.3 is 5.97 Å². The van der Waals surface area contributed by atoms with Crippen molar-refractivity contribution in [3.8, 4) is 11.5 Å². The van der Waals surface area contributed by atoms with Crippen molar-refractivity contribution in [1.29, 1.82) is 0 Å². The molecule has 0 aliphatic carbocycles. The summed E-state index contributed by atoms with van der Waals surface area (Å²) in [6, 6.07) is 16.5. The largest absolute Gasteiger partial charge is 0.507 e. The first kappa shape index (κ1) is 29.8. The number of ether oxygens (including phenoxy) is 2. The number of aliphatic hydroxyl groups is 1. The van der Waals surface area contributed by atoms with E-state index in [2.05, 4.69) is 17.1 Å². The smallest absolute Gasteiger partial charge is 0.333 e. The molecule has 2 aromatic heterocycles. The molecule has 0 bridgehead atoms. The van der Waals surface area contributed by atoms with Crippen LogP contribution in [0.3, 0.4) is 0 Å². The molecule has 0 fully saturated rings. The van der Waals surface area contributed by atoms with Gasteiger partial charge in [-0.2, -0.15) is 0 Å². The number of nitrogen functional groups attached to an aromatic ring is 1. The van der Waals surface area contributed by atoms with Crippen LogP contribution in [-0.2, 0) is 35.4 Å². The maximum absolute atomic E-state index is 13.1. The lowest BCUT2D eigenvalue weighted by Crippen LogP contribution is -2.56. The van der Waals surface area contributed by atoms with Crippen LogP contribution in [0.2, 0.25) is 0 Å². The third-order valence-corrected chi connectivity index (χ3v) is 8.39. The van der Waals surface area contributed by atoms with Gasteiger partial charge in [0.2, 0.25) is 0 Å². The zero-order valence-electron chi connectivity index (χ0n) is 24.5. The number of carbonyl (C=O) groups is 1. The van der Waals surface area contributed by atoms with Crippen molar-refractivity contribution in [1.82, 2.24) is 4.98 Å². The molecule has 0 spiro atoms. The lowest BCUT2D eigenvalue weighted by Gasteiger charge is -2.46. The number of phenolic OH excluding ortho intramolecular Hbond substituents is 1. The Kier molecular flexibility index (Phi) is 8.54. The number of esters is 1. The number of pyridine rings is 1. The number of fused-ring (bicyclic) bond motifs is 2. The Balaban J connectivity index is 1.63. The van der Waals surface area contributed by atoms with Gasteiger partial charge in [0, 0.05) is 41.8 Å². The summed E-state index contributed by atoms with van der Waals surface area (Å²) < 4.78 is 18.6. The highest BCUT2D eigenvalue weighted by Gasteiger charge is 2.50. The summed E-state index contributed by atoms with van der Waals surface area (Å²) in [4.78, 5) is 30.3. The van der Waals surface area contributed by atoms with Crippen LogP contribution >= 0.6 is 0 Å². The number of aryl methyl sites for hydroxylation is 1. The van der Waals surface area contributed by atoms with Gasteiger partial charge in [0.1, 0.15) is 52.4 Å². The van der Waals surface area contributed by atoms with E-state index in [1.54, 1.807) is 38.3 Å². The van der Waals surface area contributed by atoms with E-state index < -0.39 is 29.7 Å². The topological polar surface area (TPSA) is 145 Å². The summed E-state index contributed by atoms with van der Waals surface area (Å²) in [5.74, 6) is -0.169. The maximum Gasteiger partial charge on any atom is 0.333 e. The van der Waals surface area contributed by atoms with Crippen LogP contribution in [0.1, 0.15) is 49.6 Å². The zero-order valence-corrected chi connectivity index (χ0v) is 24.5. The summed E-state index contributed by atoms with van der Waals surface area (Å²) in [6.45, 7) is 4.89. The standard InChI is InChI=1S/C34H36N2O7/c1-4-20(2)33(40)42-29-16-25-27(17-28-31(32(25)39)26(38)15-24(19-37)41-28)43-34(29,3)23(12-10-21-8-6-5-7-9-21)14-22-11-13-30(35)36-18-22/h4-9,11,13,15,17-18,23,29,37,39H,10,12,14,16,19H2,1-3H3,(H2,35,36). The van der Waals surface area contributed by atoms with Gasteiger partial charge < -0.3 is 29.8 Å². The van der Waals surface area contributed by atoms with Crippen LogP contribution in [0.15, 0.2) is 81.7 Å². The van der Waals surface area contributed by atoms with Crippen LogP contribution in [0, 0.1) is 5.92 Å². The number of aromatic hydroxyl groups is 1. The maximum atomic E-state index is 13.1. The Labute approximate surface area is 249 Å². The van der Waals surface area contributed by atoms with Crippen LogP contribution in [-0.4, -0.2) is 32.9 Å². The summed E-state index contributed by atoms with van der Waals surface area (Å²) in [7, 11) is 0. The minimum absolute atomic E-state index is 0.0218. The van der Waals surface area contributed by atoms with Crippen molar-refractivity contribution < 1.29 is 28.9 Å². The number of benzene rings is 2. The van der Waals surface area contributed by atoms with Crippen molar-refractivity contribution >= 4 is 22.8 Å². The highest BCUT2D eigenvalue weighted by molar-refractivity contribution is 5.88. The molecule has 4 N–H and O–H groups in total. The van der Waals surface area contributed by atoms with Crippen molar-refractivity contribution in [3.63, 3.8) is 0 Å². The first-order chi connectivity index (χ1) is 20.6. The van der Waals surface area contributed by atoms with Crippen molar-refractivity contribution in [3.05, 3.63) is 105 Å². The lowest BCUT2D eigenvalue weighted by atomic mass is 9.74. The van der Waals surface area contributed by atoms with Gasteiger partial charge in [-0.05, 0) is 57.2 Å². The molecule has 224 valence electrons. The molecule has 3 unspecified atom stereocenters. The fourth-order valence-corrected chi connectivity index (χ4v) is 5.69. The summed E-state index contributed by atoms with van der Waals surface area (Å²) in [5.41, 5.74) is 7.28. The number of carbonyl (C=O) groups excluding carboxylic acids is 1. The Morgan fingerprint density at radius 2 is 1.98 bits per heavy atom. The van der Waals surface area contributed by atoms with Crippen LogP contribution in [0.5, 0.6) is 11.5 Å². The van der Waals surface area contributed by atoms with E-state index in [0.29, 0.717) is 35.5 Å². The molecule has 0 amide bonds. The lowest BCUT2D eigenvalue weighted by molar-refractivity contribution is -0.165. The van der Waals surface area contributed by atoms with E-state index in [-0.39, 0.29) is 34.8 Å². The number of rotatable bonds is 9. The van der Waals surface area contributed by atoms with Gasteiger partial charge in [-0.3, -0.25) is 4.79 Å². The number of hydrogen-bond acceptors (Lipinski definition) is 9. The molecule has 43 heavy (non-hydrogen) atoms. The average Bonchev–Trinajstić information content (AvgIpc) is 3.00. The fraction of sp³-hybridized carbons (Fsp3) is 0.324. The third kappa shape index (κ3) is 6.12. The van der Waals surface area contributed by atoms with Crippen molar-refractivity contribution in [2.45, 2.75) is 64.8 Å². The van der Waals surface area contributed by atoms with E-state index >= 15 is 0 Å². The number of nitrogens with two attached hydrogens (primary N) is 1. The Hall–Kier alpha value is -4.63. The van der Waals surface area contributed by atoms with Gasteiger partial charge in [0.25, 0.3) is 0 Å². The second-order valence-electron chi connectivity index (χ2n) is 11.2. The molecule has 9 nitrogen and oxygen atoms in total. The second kappa shape index (κ2) is 12.3. The van der Waals surface area contributed by atoms with Crippen molar-refractivity contribution in [2.24, 2.45) is 5.92 Å². The SMILES string of the molecule is CC=C(C)C(=O)OC1Cc2c(cc3oc(CO)cc(=O)c3c2O)OC1(C)C(CCc1ccccc1)Cc1ccc(N)nc1. The summed E-state index contributed by atoms with van der Waals surface area (Å²) >= 11 is 0. The quantitative estimate of drug-likeness (QED) is 0.182. The van der Waals surface area contributed by atoms with Crippen LogP contribution < -0.4 is 15.9 Å². The van der Waals surface area contributed by atoms with E-state index in [1.165, 1.54) is 0 Å². The van der Waals surface area contributed by atoms with Gasteiger partial charge in [0.05, 0.1) is 0 Å². The molecule has 0 saturated heterocycles. The summed E-state index contributed by atoms with van der Waals surface area (Å²) in [5, 5.41) is 20.9. The second-order valence-corrected chi connectivity index (χ2v) is 11.2. The monoisotopic (exact) mass is 584 g/mol. The molecule has 2 aromatic carbocycles. The molecular formula is C34H36N2O7. The number of anilines is 1. The number of hydrogen-bond donors (Lipinski definition) is 3. The van der Waals surface area contributed by atoms with Crippen LogP contribution in [0.25, 0.3) is 11.0 Å². The molecular weight excluding hydrogens is 548 g/mol. The van der Waals surface area contributed by atoms with Gasteiger partial charge in [-0.15, -0.1) is 0 Å². The minimum Gasteiger partial charge on any atom is -0.507 e. The third-order valence-electron chi connectivity index (χ3n) is 8.39. The molecule has 0 saturated carbocycles. The molecule has 3 heterocycles. The van der Waals surface area contributed by atoms with E-state index in [1.807, 2.05) is 31.2 Å². The number of allylic oxidation sites excluding steroid dienone is 1. The van der Waals surface area contributed by atoms with Crippen LogP contribution in [0.4, 0.5) is 5.82 Å². The zero-order chi connectivity index (χ0) is 30.7. The molecule has 1 aliphatic heterocycles. The molecule has 3 atom stereocenters. The number of aromatic nitrogens is 1. The fourth-order valence-electron chi connectivity index (χ4n) is 5.69. The first-order valence-electron chi connectivity index (χ1n) is 14.3. The predicted molar refractivity (Wildman–Crippen MR) is 163 cm³/mol. The minimum atomic E-state index is -1.07. The normalized spacial score (nSPS) is 19.0. The highest BCUT2D eigenvalue weighted by Crippen LogP contribution is 2.47. The van der Waals surface area contributed by atoms with Crippen molar-refractivity contribution in [2.75, 3.05) is 5.73 Å². The Bertz CT molecular complexity index is 1710. The summed E-state index contributed by atoms with van der Waals surface area (Å²) in [6.07, 6.45) is 4.69. The van der Waals surface area contributed by atoms with Gasteiger partial charge in [-0.1, -0.05) is 42.5 Å². The van der Waals surface area contributed by atoms with Gasteiger partial charge in [0.15, 0.2) is 5.43 Å². The number of aliphatic hydroxyl groups excluding tert-OH is 1. The number of nitrogens with zero attached hydrogens (tertiary/aromatic N) is 1. The van der Waals surface area contributed by atoms with E-state index in [9.17, 15) is 19.8 Å². The van der Waals surface area contributed by atoms with Gasteiger partial charge in [-0.25, -0.2) is 9.78 Å². The Morgan fingerprint density at radius 3 is 2.65 bits per heavy atom.